The van der Waals surface area contributed by atoms with Crippen molar-refractivity contribution in [3.63, 3.8) is 0 Å². The number of carbonyl (C=O) groups excluding carboxylic acids is 1. The highest BCUT2D eigenvalue weighted by molar-refractivity contribution is 5.99. The Labute approximate surface area is 206 Å². The summed E-state index contributed by atoms with van der Waals surface area (Å²) < 4.78 is 41.1. The number of rotatable bonds is 8. The van der Waals surface area contributed by atoms with Gasteiger partial charge >= 0.3 is 5.97 Å². The van der Waals surface area contributed by atoms with Crippen molar-refractivity contribution >= 4 is 28.2 Å². The Morgan fingerprint density at radius 2 is 1.72 bits per heavy atom. The molecule has 1 aromatic heterocycles. The number of pyridine rings is 1. The van der Waals surface area contributed by atoms with Gasteiger partial charge in [0.1, 0.15) is 22.9 Å². The van der Waals surface area contributed by atoms with Crippen LogP contribution in [0.25, 0.3) is 10.9 Å². The van der Waals surface area contributed by atoms with Gasteiger partial charge in [0.2, 0.25) is 5.43 Å². The molecule has 0 unspecified atom stereocenters. The van der Waals surface area contributed by atoms with Gasteiger partial charge in [0, 0.05) is 24.0 Å². The summed E-state index contributed by atoms with van der Waals surface area (Å²) in [5.74, 6) is -1.70. The van der Waals surface area contributed by atoms with Crippen molar-refractivity contribution < 1.29 is 23.0 Å². The molecule has 0 aliphatic rings. The average molecular weight is 494 g/mol. The fourth-order valence-corrected chi connectivity index (χ4v) is 3.89. The molecule has 36 heavy (non-hydrogen) atoms. The van der Waals surface area contributed by atoms with E-state index in [0.717, 1.165) is 24.4 Å². The number of halogens is 2. The molecule has 0 saturated heterocycles. The summed E-state index contributed by atoms with van der Waals surface area (Å²) in [5, 5.41) is 3.17. The number of aromatic nitrogens is 1. The number of nitrogens with zero attached hydrogens (tertiary/aromatic N) is 1. The van der Waals surface area contributed by atoms with Crippen molar-refractivity contribution in [2.24, 2.45) is 0 Å². The number of nitrogens with two attached hydrogens (primary N) is 1. The molecule has 0 radical (unpaired) electrons. The van der Waals surface area contributed by atoms with E-state index < -0.39 is 23.0 Å². The molecule has 4 aromatic rings. The molecule has 7 nitrogen and oxygen atoms in total. The number of anilines is 2. The number of ether oxygens (including phenoxy) is 2. The third-order valence-electron chi connectivity index (χ3n) is 5.60. The highest BCUT2D eigenvalue weighted by Gasteiger charge is 2.21. The second-order valence-corrected chi connectivity index (χ2v) is 7.95. The molecule has 0 aliphatic heterocycles. The molecule has 9 heteroatoms. The molecule has 0 bridgehead atoms. The fraction of sp³-hybridized carbons (Fsp3) is 0.185. The molecule has 1 heterocycles. The minimum absolute atomic E-state index is 0.0119. The maximum Gasteiger partial charge on any atom is 0.343 e. The van der Waals surface area contributed by atoms with E-state index in [0.29, 0.717) is 5.75 Å². The lowest BCUT2D eigenvalue weighted by Crippen LogP contribution is -2.22. The Kier molecular flexibility index (Phi) is 7.19. The van der Waals surface area contributed by atoms with E-state index in [1.54, 1.807) is 31.2 Å². The van der Waals surface area contributed by atoms with E-state index in [-0.39, 0.29) is 46.6 Å². The van der Waals surface area contributed by atoms with Crippen molar-refractivity contribution in [2.45, 2.75) is 20.4 Å². The van der Waals surface area contributed by atoms with E-state index in [1.165, 1.54) is 16.8 Å². The van der Waals surface area contributed by atoms with Crippen LogP contribution in [0.4, 0.5) is 20.2 Å². The molecule has 0 amide bonds. The second-order valence-electron chi connectivity index (χ2n) is 7.95. The summed E-state index contributed by atoms with van der Waals surface area (Å²) in [6.45, 7) is 4.11. The molecular weight excluding hydrogens is 468 g/mol. The summed E-state index contributed by atoms with van der Waals surface area (Å²) in [6.07, 6.45) is 1.23. The van der Waals surface area contributed by atoms with Crippen LogP contribution in [0, 0.1) is 11.6 Å². The summed E-state index contributed by atoms with van der Waals surface area (Å²) in [4.78, 5) is 25.9. The topological polar surface area (TPSA) is 95.6 Å². The summed E-state index contributed by atoms with van der Waals surface area (Å²) in [7, 11) is 0. The first-order valence-electron chi connectivity index (χ1n) is 11.4. The van der Waals surface area contributed by atoms with E-state index >= 15 is 0 Å². The van der Waals surface area contributed by atoms with E-state index in [9.17, 15) is 18.4 Å². The summed E-state index contributed by atoms with van der Waals surface area (Å²) in [5.41, 5.74) is 6.35. The third kappa shape index (κ3) is 4.86. The maximum absolute atomic E-state index is 14.4. The molecule has 4 rings (SSSR count). The minimum Gasteiger partial charge on any atom is -0.462 e. The molecule has 0 spiro atoms. The van der Waals surface area contributed by atoms with Crippen LogP contribution in [0.3, 0.4) is 0 Å². The van der Waals surface area contributed by atoms with Gasteiger partial charge in [0.15, 0.2) is 5.75 Å². The zero-order valence-corrected chi connectivity index (χ0v) is 19.8. The number of benzene rings is 3. The number of nitrogens with one attached hydrogen (secondary N) is 1. The van der Waals surface area contributed by atoms with E-state index in [4.69, 9.17) is 15.2 Å². The fourth-order valence-electron chi connectivity index (χ4n) is 3.89. The SMILES string of the molecule is CCNc1ccc(Oc2ccc3c(c2N)c(=O)c(C(=O)OCC)cn3Cc2c(F)cccc2F)cc1. The van der Waals surface area contributed by atoms with Crippen molar-refractivity contribution in [1.82, 2.24) is 4.57 Å². The minimum atomic E-state index is -0.864. The van der Waals surface area contributed by atoms with Crippen LogP contribution < -0.4 is 21.2 Å². The summed E-state index contributed by atoms with van der Waals surface area (Å²) >= 11 is 0. The first-order valence-corrected chi connectivity index (χ1v) is 11.4. The van der Waals surface area contributed by atoms with Crippen LogP contribution in [0.5, 0.6) is 11.5 Å². The van der Waals surface area contributed by atoms with Gasteiger partial charge < -0.3 is 25.1 Å². The largest absolute Gasteiger partial charge is 0.462 e. The maximum atomic E-state index is 14.4. The van der Waals surface area contributed by atoms with Crippen LogP contribution in [-0.4, -0.2) is 23.7 Å². The number of esters is 1. The quantitative estimate of drug-likeness (QED) is 0.255. The smallest absolute Gasteiger partial charge is 0.343 e. The molecule has 3 N–H and O–H groups in total. The van der Waals surface area contributed by atoms with Crippen molar-refractivity contribution in [3.05, 3.63) is 93.8 Å². The Morgan fingerprint density at radius 3 is 2.36 bits per heavy atom. The van der Waals surface area contributed by atoms with Crippen LogP contribution in [0.2, 0.25) is 0 Å². The lowest BCUT2D eigenvalue weighted by atomic mass is 10.1. The van der Waals surface area contributed by atoms with Crippen LogP contribution >= 0.6 is 0 Å². The standard InChI is InChI=1S/C27H25F2N3O4/c1-3-31-16-8-10-17(11-9-16)36-23-13-12-22-24(25(23)30)26(33)19(27(34)35-4-2)15-32(22)14-18-20(28)6-5-7-21(18)29/h5-13,15,31H,3-4,14,30H2,1-2H3. The van der Waals surface area contributed by atoms with E-state index in [1.807, 2.05) is 19.1 Å². The molecule has 0 atom stereocenters. The average Bonchev–Trinajstić information content (AvgIpc) is 2.85. The van der Waals surface area contributed by atoms with Crippen molar-refractivity contribution in [1.29, 1.82) is 0 Å². The zero-order valence-electron chi connectivity index (χ0n) is 19.8. The molecule has 0 fully saturated rings. The molecule has 186 valence electrons. The Hall–Kier alpha value is -4.40. The van der Waals surface area contributed by atoms with Gasteiger partial charge in [0.25, 0.3) is 0 Å². The van der Waals surface area contributed by atoms with Gasteiger partial charge in [-0.15, -0.1) is 0 Å². The Morgan fingerprint density at radius 1 is 1.03 bits per heavy atom. The lowest BCUT2D eigenvalue weighted by Gasteiger charge is -2.17. The normalized spacial score (nSPS) is 10.9. The van der Waals surface area contributed by atoms with Gasteiger partial charge in [-0.25, -0.2) is 13.6 Å². The van der Waals surface area contributed by atoms with Gasteiger partial charge in [-0.2, -0.15) is 0 Å². The predicted molar refractivity (Wildman–Crippen MR) is 135 cm³/mol. The molecule has 0 saturated carbocycles. The van der Waals surface area contributed by atoms with Gasteiger partial charge in [-0.1, -0.05) is 6.07 Å². The predicted octanol–water partition coefficient (Wildman–Crippen LogP) is 5.31. The molecule has 3 aromatic carbocycles. The number of nitrogen functional groups attached to an aromatic ring is 1. The number of hydrogen-bond donors (Lipinski definition) is 2. The number of hydrogen-bond acceptors (Lipinski definition) is 6. The van der Waals surface area contributed by atoms with Crippen molar-refractivity contribution in [3.8, 4) is 11.5 Å². The highest BCUT2D eigenvalue weighted by atomic mass is 19.1. The third-order valence-corrected chi connectivity index (χ3v) is 5.60. The van der Waals surface area contributed by atoms with Gasteiger partial charge in [-0.3, -0.25) is 4.79 Å². The highest BCUT2D eigenvalue weighted by Crippen LogP contribution is 2.33. The second kappa shape index (κ2) is 10.5. The van der Waals surface area contributed by atoms with Crippen LogP contribution in [-0.2, 0) is 11.3 Å². The Bertz CT molecular complexity index is 1460. The zero-order chi connectivity index (χ0) is 25.8. The monoisotopic (exact) mass is 493 g/mol. The molecular formula is C27H25F2N3O4. The van der Waals surface area contributed by atoms with E-state index in [2.05, 4.69) is 5.32 Å². The van der Waals surface area contributed by atoms with Gasteiger partial charge in [0.05, 0.1) is 29.7 Å². The first-order chi connectivity index (χ1) is 17.3. The number of fused-ring (bicyclic) bond motifs is 1. The summed E-state index contributed by atoms with van der Waals surface area (Å²) in [6, 6.07) is 13.8. The van der Waals surface area contributed by atoms with Gasteiger partial charge in [-0.05, 0) is 62.4 Å². The Balaban J connectivity index is 1.85. The van der Waals surface area contributed by atoms with Crippen LogP contribution in [0.15, 0.2) is 65.6 Å². The van der Waals surface area contributed by atoms with Crippen LogP contribution in [0.1, 0.15) is 29.8 Å². The number of carbonyl (C=O) groups is 1. The lowest BCUT2D eigenvalue weighted by molar-refractivity contribution is 0.0524. The van der Waals surface area contributed by atoms with Crippen molar-refractivity contribution in [2.75, 3.05) is 24.2 Å². The first kappa shape index (κ1) is 24.7. The molecule has 0 aliphatic carbocycles.